The number of carbonyl (C=O) groups excluding carboxylic acids is 2. The summed E-state index contributed by atoms with van der Waals surface area (Å²) in [6.07, 6.45) is 3.43. The lowest BCUT2D eigenvalue weighted by atomic mass is 9.93. The first-order valence-electron chi connectivity index (χ1n) is 10.7. The van der Waals surface area contributed by atoms with Crippen molar-refractivity contribution in [2.45, 2.75) is 39.2 Å². The van der Waals surface area contributed by atoms with Gasteiger partial charge in [-0.2, -0.15) is 0 Å². The number of nitrogens with zero attached hydrogens (tertiary/aromatic N) is 3. The molecule has 2 aliphatic heterocycles. The maximum Gasteiger partial charge on any atom is 0.244 e. The molecule has 0 unspecified atom stereocenters. The molecular formula is C22H33N5O2. The van der Waals surface area contributed by atoms with Gasteiger partial charge in [0.15, 0.2) is 5.96 Å². The standard InChI is InChI=1S/C22H33N5O2/c1-3-24-22(26-11-8-17(9-12-26)14-20(28)23-2)25-15-21(29)27-13-10-18-6-4-5-7-19(18)16-27/h4-7,17H,3,8-16H2,1-2H3,(H,23,28)(H,24,25). The molecule has 0 spiro atoms. The molecule has 0 atom stereocenters. The van der Waals surface area contributed by atoms with Crippen molar-refractivity contribution in [2.75, 3.05) is 39.8 Å². The van der Waals surface area contributed by atoms with Gasteiger partial charge in [-0.15, -0.1) is 0 Å². The first-order chi connectivity index (χ1) is 14.1. The van der Waals surface area contributed by atoms with Gasteiger partial charge in [0.2, 0.25) is 11.8 Å². The second-order valence-corrected chi connectivity index (χ2v) is 7.81. The third-order valence-corrected chi connectivity index (χ3v) is 5.85. The van der Waals surface area contributed by atoms with Crippen LogP contribution in [0.5, 0.6) is 0 Å². The molecule has 1 aromatic carbocycles. The van der Waals surface area contributed by atoms with Crippen molar-refractivity contribution in [3.63, 3.8) is 0 Å². The molecule has 0 aromatic heterocycles. The number of hydrogen-bond acceptors (Lipinski definition) is 3. The first kappa shape index (κ1) is 21.1. The number of likely N-dealkylation sites (tertiary alicyclic amines) is 1. The van der Waals surface area contributed by atoms with Gasteiger partial charge in [-0.3, -0.25) is 9.59 Å². The van der Waals surface area contributed by atoms with Crippen molar-refractivity contribution >= 4 is 17.8 Å². The minimum absolute atomic E-state index is 0.0735. The molecule has 7 heteroatoms. The first-order valence-corrected chi connectivity index (χ1v) is 10.7. The molecule has 1 saturated heterocycles. The van der Waals surface area contributed by atoms with Gasteiger partial charge in [0.1, 0.15) is 6.54 Å². The number of benzene rings is 1. The molecule has 7 nitrogen and oxygen atoms in total. The summed E-state index contributed by atoms with van der Waals surface area (Å²) in [5, 5.41) is 6.02. The van der Waals surface area contributed by atoms with Crippen LogP contribution in [0.15, 0.2) is 29.3 Å². The molecule has 2 heterocycles. The topological polar surface area (TPSA) is 77.0 Å². The van der Waals surface area contributed by atoms with Crippen LogP contribution in [0.25, 0.3) is 0 Å². The van der Waals surface area contributed by atoms with Crippen LogP contribution < -0.4 is 10.6 Å². The number of amides is 2. The van der Waals surface area contributed by atoms with Crippen LogP contribution in [-0.4, -0.2) is 67.3 Å². The molecule has 1 aromatic rings. The number of guanidine groups is 1. The smallest absolute Gasteiger partial charge is 0.244 e. The third kappa shape index (κ3) is 5.71. The maximum atomic E-state index is 12.7. The monoisotopic (exact) mass is 399 g/mol. The molecule has 2 amide bonds. The number of hydrogen-bond donors (Lipinski definition) is 2. The van der Waals surface area contributed by atoms with Crippen LogP contribution in [0.4, 0.5) is 0 Å². The Morgan fingerprint density at radius 3 is 2.52 bits per heavy atom. The van der Waals surface area contributed by atoms with E-state index in [-0.39, 0.29) is 18.4 Å². The van der Waals surface area contributed by atoms with E-state index in [2.05, 4.69) is 38.7 Å². The van der Waals surface area contributed by atoms with Gasteiger partial charge in [-0.05, 0) is 43.2 Å². The molecule has 29 heavy (non-hydrogen) atoms. The van der Waals surface area contributed by atoms with E-state index in [0.29, 0.717) is 18.9 Å². The van der Waals surface area contributed by atoms with Crippen LogP contribution in [0.2, 0.25) is 0 Å². The Hall–Kier alpha value is -2.57. The van der Waals surface area contributed by atoms with Crippen molar-refractivity contribution in [1.29, 1.82) is 0 Å². The average molecular weight is 400 g/mol. The molecule has 0 saturated carbocycles. The van der Waals surface area contributed by atoms with Crippen molar-refractivity contribution in [2.24, 2.45) is 10.9 Å². The quantitative estimate of drug-likeness (QED) is 0.579. The van der Waals surface area contributed by atoms with Crippen LogP contribution in [0, 0.1) is 5.92 Å². The number of piperidine rings is 1. The summed E-state index contributed by atoms with van der Waals surface area (Å²) in [6.45, 7) is 6.12. The molecule has 2 aliphatic rings. The number of nitrogens with one attached hydrogen (secondary N) is 2. The van der Waals surface area contributed by atoms with Crippen LogP contribution in [-0.2, 0) is 22.6 Å². The minimum atomic E-state index is 0.0735. The lowest BCUT2D eigenvalue weighted by Gasteiger charge is -2.34. The van der Waals surface area contributed by atoms with Gasteiger partial charge in [-0.1, -0.05) is 24.3 Å². The number of aliphatic imine (C=N–C) groups is 1. The maximum absolute atomic E-state index is 12.7. The molecule has 0 aliphatic carbocycles. The normalized spacial score (nSPS) is 17.7. The van der Waals surface area contributed by atoms with Crippen LogP contribution >= 0.6 is 0 Å². The molecule has 158 valence electrons. The average Bonchev–Trinajstić information content (AvgIpc) is 2.76. The van der Waals surface area contributed by atoms with Crippen LogP contribution in [0.3, 0.4) is 0 Å². The highest BCUT2D eigenvalue weighted by molar-refractivity contribution is 5.85. The molecule has 0 radical (unpaired) electrons. The molecular weight excluding hydrogens is 366 g/mol. The predicted molar refractivity (Wildman–Crippen MR) is 115 cm³/mol. The number of fused-ring (bicyclic) bond motifs is 1. The fourth-order valence-electron chi connectivity index (χ4n) is 4.09. The summed E-state index contributed by atoms with van der Waals surface area (Å²) in [5.41, 5.74) is 2.58. The van der Waals surface area contributed by atoms with Gasteiger partial charge in [0, 0.05) is 46.2 Å². The Morgan fingerprint density at radius 1 is 1.10 bits per heavy atom. The summed E-state index contributed by atoms with van der Waals surface area (Å²) in [7, 11) is 1.69. The summed E-state index contributed by atoms with van der Waals surface area (Å²) in [5.74, 6) is 1.41. The Bertz CT molecular complexity index is 740. The minimum Gasteiger partial charge on any atom is -0.359 e. The lowest BCUT2D eigenvalue weighted by Crippen LogP contribution is -2.46. The third-order valence-electron chi connectivity index (χ3n) is 5.85. The molecule has 1 fully saturated rings. The van der Waals surface area contributed by atoms with Crippen molar-refractivity contribution < 1.29 is 9.59 Å². The summed E-state index contributed by atoms with van der Waals surface area (Å²) in [6, 6.07) is 8.33. The van der Waals surface area contributed by atoms with Gasteiger partial charge in [0.05, 0.1) is 0 Å². The van der Waals surface area contributed by atoms with E-state index >= 15 is 0 Å². The number of carbonyl (C=O) groups is 2. The van der Waals surface area contributed by atoms with Crippen molar-refractivity contribution in [3.05, 3.63) is 35.4 Å². The van der Waals surface area contributed by atoms with E-state index < -0.39 is 0 Å². The van der Waals surface area contributed by atoms with E-state index in [1.54, 1.807) is 7.05 Å². The SMILES string of the molecule is CCNC(=NCC(=O)N1CCc2ccccc2C1)N1CCC(CC(=O)NC)CC1. The summed E-state index contributed by atoms with van der Waals surface area (Å²) >= 11 is 0. The second-order valence-electron chi connectivity index (χ2n) is 7.81. The predicted octanol–water partition coefficient (Wildman–Crippen LogP) is 1.38. The fraction of sp³-hybridized carbons (Fsp3) is 0.591. The van der Waals surface area contributed by atoms with Gasteiger partial charge < -0.3 is 20.4 Å². The van der Waals surface area contributed by atoms with E-state index in [1.807, 2.05) is 17.9 Å². The Labute approximate surface area is 173 Å². The number of rotatable bonds is 5. The summed E-state index contributed by atoms with van der Waals surface area (Å²) < 4.78 is 0. The fourth-order valence-corrected chi connectivity index (χ4v) is 4.09. The highest BCUT2D eigenvalue weighted by Gasteiger charge is 2.24. The molecule has 0 bridgehead atoms. The highest BCUT2D eigenvalue weighted by atomic mass is 16.2. The van der Waals surface area contributed by atoms with Crippen molar-refractivity contribution in [1.82, 2.24) is 20.4 Å². The van der Waals surface area contributed by atoms with Gasteiger partial charge >= 0.3 is 0 Å². The molecule has 3 rings (SSSR count). The van der Waals surface area contributed by atoms with E-state index in [1.165, 1.54) is 11.1 Å². The zero-order valence-corrected chi connectivity index (χ0v) is 17.6. The largest absolute Gasteiger partial charge is 0.359 e. The Balaban J connectivity index is 1.54. The van der Waals surface area contributed by atoms with Crippen molar-refractivity contribution in [3.8, 4) is 0 Å². The van der Waals surface area contributed by atoms with Gasteiger partial charge in [-0.25, -0.2) is 4.99 Å². The zero-order chi connectivity index (χ0) is 20.6. The van der Waals surface area contributed by atoms with Gasteiger partial charge in [0.25, 0.3) is 0 Å². The van der Waals surface area contributed by atoms with E-state index in [0.717, 1.165) is 51.4 Å². The van der Waals surface area contributed by atoms with E-state index in [4.69, 9.17) is 0 Å². The van der Waals surface area contributed by atoms with Crippen LogP contribution in [0.1, 0.15) is 37.3 Å². The Kier molecular flexibility index (Phi) is 7.49. The lowest BCUT2D eigenvalue weighted by molar-refractivity contribution is -0.130. The Morgan fingerprint density at radius 2 is 1.83 bits per heavy atom. The molecule has 2 N–H and O–H groups in total. The highest BCUT2D eigenvalue weighted by Crippen LogP contribution is 2.21. The zero-order valence-electron chi connectivity index (χ0n) is 17.6. The van der Waals surface area contributed by atoms with E-state index in [9.17, 15) is 9.59 Å². The summed E-state index contributed by atoms with van der Waals surface area (Å²) in [4.78, 5) is 33.1. The second kappa shape index (κ2) is 10.3.